The molecule has 256 valence electrons. The molecule has 2 aliphatic heterocycles. The standard InChI is InChI=1S/C37H46BrClN6O3/c1-36(2,3)48-35(47)45-19-18-43(33-32-27(20-29(38)22-41-32)10-11-28-21-30(39)12-13-37(28,33)4)24-31(45)34(46)44(17-16-42-15-14-40-25-42)23-26-8-6-5-7-9-26/h5-9,12-15,20-21,25,28,31,33,41H,10-11,16-19,22-24H2,1-4H3/t28?,31?,33-,37?/m0/s1. The number of nitrogens with zero attached hydrogens (tertiary/aromatic N) is 5. The molecule has 1 saturated heterocycles. The lowest BCUT2D eigenvalue weighted by atomic mass is 9.67. The van der Waals surface area contributed by atoms with Crippen LogP contribution in [0.15, 0.2) is 94.1 Å². The average molecular weight is 738 g/mol. The Morgan fingerprint density at radius 2 is 2.00 bits per heavy atom. The second kappa shape index (κ2) is 14.3. The van der Waals surface area contributed by atoms with Crippen LogP contribution in [0, 0.1) is 11.3 Å². The van der Waals surface area contributed by atoms with E-state index in [1.54, 1.807) is 17.4 Å². The van der Waals surface area contributed by atoms with Gasteiger partial charge in [0.2, 0.25) is 5.91 Å². The van der Waals surface area contributed by atoms with Crippen LogP contribution in [-0.2, 0) is 22.6 Å². The third kappa shape index (κ3) is 7.61. The Labute approximate surface area is 297 Å². The minimum atomic E-state index is -0.743. The van der Waals surface area contributed by atoms with E-state index in [9.17, 15) is 9.59 Å². The van der Waals surface area contributed by atoms with Crippen molar-refractivity contribution in [3.8, 4) is 0 Å². The number of dihydropyridines is 1. The third-order valence-corrected chi connectivity index (χ3v) is 10.6. The summed E-state index contributed by atoms with van der Waals surface area (Å²) in [7, 11) is 0. The number of imidazole rings is 1. The molecule has 0 bridgehead atoms. The van der Waals surface area contributed by atoms with Gasteiger partial charge in [-0.2, -0.15) is 0 Å². The summed E-state index contributed by atoms with van der Waals surface area (Å²) in [4.78, 5) is 38.9. The van der Waals surface area contributed by atoms with E-state index in [1.165, 1.54) is 11.3 Å². The number of piperazine rings is 1. The molecule has 1 aromatic carbocycles. The molecule has 3 unspecified atom stereocenters. The van der Waals surface area contributed by atoms with E-state index in [2.05, 4.69) is 56.3 Å². The molecule has 2 amide bonds. The van der Waals surface area contributed by atoms with Gasteiger partial charge in [-0.15, -0.1) is 0 Å². The first-order chi connectivity index (χ1) is 22.9. The molecule has 9 nitrogen and oxygen atoms in total. The Balaban J connectivity index is 1.37. The molecular weight excluding hydrogens is 692 g/mol. The summed E-state index contributed by atoms with van der Waals surface area (Å²) in [6, 6.07) is 9.21. The van der Waals surface area contributed by atoms with E-state index in [-0.39, 0.29) is 23.3 Å². The Kier molecular flexibility index (Phi) is 10.3. The lowest BCUT2D eigenvalue weighted by Crippen LogP contribution is -2.66. The molecule has 3 heterocycles. The molecule has 1 aromatic heterocycles. The number of hydrogen-bond acceptors (Lipinski definition) is 6. The van der Waals surface area contributed by atoms with Crippen molar-refractivity contribution in [1.29, 1.82) is 0 Å². The van der Waals surface area contributed by atoms with Crippen LogP contribution in [0.5, 0.6) is 0 Å². The zero-order chi connectivity index (χ0) is 34.1. The van der Waals surface area contributed by atoms with Crippen LogP contribution in [0.4, 0.5) is 4.79 Å². The lowest BCUT2D eigenvalue weighted by molar-refractivity contribution is -0.141. The van der Waals surface area contributed by atoms with Gasteiger partial charge in [-0.05, 0) is 62.8 Å². The fourth-order valence-electron chi connectivity index (χ4n) is 7.51. The summed E-state index contributed by atoms with van der Waals surface area (Å²) in [5.74, 6) is 0.114. The molecule has 1 N–H and O–H groups in total. The summed E-state index contributed by atoms with van der Waals surface area (Å²) in [5.41, 5.74) is 2.51. The van der Waals surface area contributed by atoms with Gasteiger partial charge < -0.3 is 19.5 Å². The number of rotatable bonds is 7. The number of amides is 2. The second-order valence-electron chi connectivity index (χ2n) is 14.4. The van der Waals surface area contributed by atoms with Crippen LogP contribution < -0.4 is 5.32 Å². The molecule has 11 heteroatoms. The zero-order valence-electron chi connectivity index (χ0n) is 28.2. The summed E-state index contributed by atoms with van der Waals surface area (Å²) >= 11 is 10.3. The number of benzene rings is 1. The van der Waals surface area contributed by atoms with Crippen molar-refractivity contribution in [3.63, 3.8) is 0 Å². The zero-order valence-corrected chi connectivity index (χ0v) is 30.6. The van der Waals surface area contributed by atoms with Gasteiger partial charge >= 0.3 is 6.09 Å². The van der Waals surface area contributed by atoms with Gasteiger partial charge in [-0.25, -0.2) is 9.78 Å². The maximum atomic E-state index is 14.9. The number of nitrogens with one attached hydrogen (secondary N) is 1. The van der Waals surface area contributed by atoms with Crippen LogP contribution in [0.1, 0.15) is 46.1 Å². The Morgan fingerprint density at radius 1 is 1.21 bits per heavy atom. The van der Waals surface area contributed by atoms with Crippen molar-refractivity contribution in [2.75, 3.05) is 32.7 Å². The summed E-state index contributed by atoms with van der Waals surface area (Å²) in [5, 5.41) is 4.52. The highest BCUT2D eigenvalue weighted by molar-refractivity contribution is 9.11. The Hall–Kier alpha value is -3.34. The topological polar surface area (TPSA) is 82.9 Å². The lowest BCUT2D eigenvalue weighted by Gasteiger charge is -2.51. The van der Waals surface area contributed by atoms with Crippen LogP contribution in [-0.4, -0.2) is 86.7 Å². The summed E-state index contributed by atoms with van der Waals surface area (Å²) < 4.78 is 9.00. The quantitative estimate of drug-likeness (QED) is 0.352. The predicted molar refractivity (Wildman–Crippen MR) is 192 cm³/mol. The van der Waals surface area contributed by atoms with Crippen LogP contribution >= 0.6 is 27.5 Å². The van der Waals surface area contributed by atoms with Crippen LogP contribution in [0.3, 0.4) is 0 Å². The number of ether oxygens (including phenoxy) is 1. The maximum absolute atomic E-state index is 14.9. The molecular formula is C37H46BrClN6O3. The predicted octanol–water partition coefficient (Wildman–Crippen LogP) is 6.45. The molecule has 6 rings (SSSR count). The molecule has 0 spiro atoms. The van der Waals surface area contributed by atoms with Crippen molar-refractivity contribution >= 4 is 39.5 Å². The highest BCUT2D eigenvalue weighted by Crippen LogP contribution is 2.49. The highest BCUT2D eigenvalue weighted by Gasteiger charge is 2.50. The van der Waals surface area contributed by atoms with E-state index in [0.717, 1.165) is 27.9 Å². The van der Waals surface area contributed by atoms with E-state index in [0.29, 0.717) is 45.8 Å². The molecule has 2 aliphatic carbocycles. The number of hydrogen-bond donors (Lipinski definition) is 1. The van der Waals surface area contributed by atoms with Crippen LogP contribution in [0.25, 0.3) is 0 Å². The molecule has 0 radical (unpaired) electrons. The normalized spacial score (nSPS) is 26.0. The third-order valence-electron chi connectivity index (χ3n) is 9.88. The van der Waals surface area contributed by atoms with Crippen molar-refractivity contribution in [3.05, 3.63) is 99.7 Å². The van der Waals surface area contributed by atoms with Crippen molar-refractivity contribution in [2.24, 2.45) is 11.3 Å². The van der Waals surface area contributed by atoms with E-state index in [1.807, 2.05) is 72.8 Å². The van der Waals surface area contributed by atoms with Gasteiger partial charge in [-0.3, -0.25) is 14.6 Å². The highest BCUT2D eigenvalue weighted by atomic mass is 79.9. The first-order valence-electron chi connectivity index (χ1n) is 16.8. The summed E-state index contributed by atoms with van der Waals surface area (Å²) in [6.45, 7) is 11.4. The molecule has 48 heavy (non-hydrogen) atoms. The summed E-state index contributed by atoms with van der Waals surface area (Å²) in [6.07, 6.45) is 15.6. The fourth-order valence-corrected chi connectivity index (χ4v) is 8.14. The van der Waals surface area contributed by atoms with Gasteiger partial charge in [0, 0.05) is 78.8 Å². The average Bonchev–Trinajstić information content (AvgIpc) is 3.54. The number of carbonyl (C=O) groups excluding carboxylic acids is 2. The molecule has 4 aliphatic rings. The molecule has 2 aromatic rings. The first-order valence-corrected chi connectivity index (χ1v) is 18.0. The smallest absolute Gasteiger partial charge is 0.411 e. The van der Waals surface area contributed by atoms with E-state index in [4.69, 9.17) is 16.3 Å². The Morgan fingerprint density at radius 3 is 2.73 bits per heavy atom. The minimum Gasteiger partial charge on any atom is -0.444 e. The van der Waals surface area contributed by atoms with Crippen molar-refractivity contribution in [1.82, 2.24) is 29.6 Å². The van der Waals surface area contributed by atoms with Gasteiger partial charge in [0.25, 0.3) is 0 Å². The van der Waals surface area contributed by atoms with Crippen LogP contribution in [0.2, 0.25) is 0 Å². The van der Waals surface area contributed by atoms with Gasteiger partial charge in [-0.1, -0.05) is 76.9 Å². The molecule has 1 fully saturated rings. The molecule has 4 atom stereocenters. The first kappa shape index (κ1) is 34.5. The SMILES string of the molecule is CC(C)(C)OC(=O)N1CCN([C@H]2C3=C(C=C(Br)CN3)CCC3C=C(Cl)C=CC32C)CC1C(=O)N(CCn1ccnc1)Cc1ccccc1. The minimum absolute atomic E-state index is 0.0567. The van der Waals surface area contributed by atoms with Gasteiger partial charge in [0.05, 0.1) is 12.4 Å². The van der Waals surface area contributed by atoms with E-state index < -0.39 is 17.7 Å². The van der Waals surface area contributed by atoms with Crippen molar-refractivity contribution in [2.45, 2.75) is 71.3 Å². The number of allylic oxidation sites excluding steroid dienone is 5. The van der Waals surface area contributed by atoms with Gasteiger partial charge in [0.15, 0.2) is 0 Å². The largest absolute Gasteiger partial charge is 0.444 e. The Bertz CT molecular complexity index is 1610. The van der Waals surface area contributed by atoms with Gasteiger partial charge in [0.1, 0.15) is 11.6 Å². The fraction of sp³-hybridized carbons (Fsp3) is 0.486. The number of aromatic nitrogens is 2. The van der Waals surface area contributed by atoms with Crippen molar-refractivity contribution < 1.29 is 14.3 Å². The molecule has 0 saturated carbocycles. The maximum Gasteiger partial charge on any atom is 0.411 e. The number of carbonyl (C=O) groups is 2. The van der Waals surface area contributed by atoms with E-state index >= 15 is 0 Å². The monoisotopic (exact) mass is 736 g/mol. The number of fused-ring (bicyclic) bond motifs is 1. The second-order valence-corrected chi connectivity index (χ2v) is 15.9. The number of halogens is 2.